The summed E-state index contributed by atoms with van der Waals surface area (Å²) in [7, 11) is 0. The Morgan fingerprint density at radius 3 is 2.76 bits per heavy atom. The second kappa shape index (κ2) is 5.55. The lowest BCUT2D eigenvalue weighted by molar-refractivity contribution is -0.0462. The van der Waals surface area contributed by atoms with Crippen LogP contribution in [0.2, 0.25) is 0 Å². The molecule has 0 aliphatic carbocycles. The van der Waals surface area contributed by atoms with Gasteiger partial charge in [-0.15, -0.1) is 0 Å². The molecular weight excluding hydrogens is 296 g/mol. The second-order valence-corrected chi connectivity index (χ2v) is 4.53. The molecule has 0 atom stereocenters. The number of hydrogen-bond donors (Lipinski definition) is 2. The Hall–Kier alpha value is -1.01. The first-order valence-electron chi connectivity index (χ1n) is 4.89. The van der Waals surface area contributed by atoms with E-state index in [9.17, 15) is 13.6 Å². The zero-order valence-corrected chi connectivity index (χ0v) is 10.7. The molecule has 0 saturated heterocycles. The molecule has 0 saturated carbocycles. The molecule has 6 heteroatoms. The highest BCUT2D eigenvalue weighted by molar-refractivity contribution is 9.10. The minimum absolute atomic E-state index is 0.290. The number of carbonyl (C=O) groups is 1. The van der Waals surface area contributed by atoms with Gasteiger partial charge >= 0.3 is 0 Å². The number of benzene rings is 1. The van der Waals surface area contributed by atoms with Gasteiger partial charge in [-0.3, -0.25) is 4.79 Å². The summed E-state index contributed by atoms with van der Waals surface area (Å²) in [5, 5.41) is 10.4. The molecule has 0 aliphatic heterocycles. The largest absolute Gasteiger partial charge is 0.390 e. The summed E-state index contributed by atoms with van der Waals surface area (Å²) in [6.45, 7) is -0.378. The van der Waals surface area contributed by atoms with Crippen molar-refractivity contribution in [2.24, 2.45) is 0 Å². The topological polar surface area (TPSA) is 49.3 Å². The first kappa shape index (κ1) is 14.1. The molecule has 0 bridgehead atoms. The zero-order valence-electron chi connectivity index (χ0n) is 9.14. The monoisotopic (exact) mass is 307 g/mol. The zero-order chi connectivity index (χ0) is 13.1. The van der Waals surface area contributed by atoms with Gasteiger partial charge in [0.15, 0.2) is 0 Å². The van der Waals surface area contributed by atoms with Crippen LogP contribution >= 0.6 is 15.9 Å². The van der Waals surface area contributed by atoms with E-state index in [1.165, 1.54) is 0 Å². The highest BCUT2D eigenvalue weighted by Gasteiger charge is 2.28. The van der Waals surface area contributed by atoms with E-state index in [1.54, 1.807) is 25.1 Å². The molecular formula is C11H12BrF2NO2. The number of rotatable bonds is 4. The number of carbonyl (C=O) groups excluding carboxylic acids is 1. The van der Waals surface area contributed by atoms with Gasteiger partial charge in [0.2, 0.25) is 0 Å². The molecule has 2 N–H and O–H groups in total. The average molecular weight is 308 g/mol. The van der Waals surface area contributed by atoms with E-state index in [0.29, 0.717) is 10.0 Å². The molecule has 1 rings (SSSR count). The lowest BCUT2D eigenvalue weighted by atomic mass is 10.1. The average Bonchev–Trinajstić information content (AvgIpc) is 2.29. The highest BCUT2D eigenvalue weighted by Crippen LogP contribution is 2.18. The van der Waals surface area contributed by atoms with Crippen LogP contribution in [0.4, 0.5) is 8.78 Å². The summed E-state index contributed by atoms with van der Waals surface area (Å²) < 4.78 is 26.0. The summed E-state index contributed by atoms with van der Waals surface area (Å²) in [5.74, 6) is -3.90. The third-order valence-electron chi connectivity index (χ3n) is 2.11. The van der Waals surface area contributed by atoms with E-state index >= 15 is 0 Å². The van der Waals surface area contributed by atoms with Crippen LogP contribution in [-0.4, -0.2) is 30.1 Å². The Kier molecular flexibility index (Phi) is 4.59. The SMILES string of the molecule is Cc1ccc(Br)c(C(=O)NCC(F)(F)CO)c1. The van der Waals surface area contributed by atoms with E-state index in [2.05, 4.69) is 21.2 Å². The van der Waals surface area contributed by atoms with Crippen LogP contribution in [-0.2, 0) is 0 Å². The van der Waals surface area contributed by atoms with Gasteiger partial charge in [-0.25, -0.2) is 8.78 Å². The summed E-state index contributed by atoms with van der Waals surface area (Å²) in [6.07, 6.45) is 0. The molecule has 1 aromatic carbocycles. The number of amides is 1. The second-order valence-electron chi connectivity index (χ2n) is 3.68. The maximum absolute atomic E-state index is 12.7. The molecule has 1 aromatic rings. The molecule has 0 fully saturated rings. The lowest BCUT2D eigenvalue weighted by Crippen LogP contribution is -2.39. The van der Waals surface area contributed by atoms with Crippen molar-refractivity contribution < 1.29 is 18.7 Å². The van der Waals surface area contributed by atoms with Crippen LogP contribution in [0.15, 0.2) is 22.7 Å². The molecule has 17 heavy (non-hydrogen) atoms. The van der Waals surface area contributed by atoms with E-state index in [-0.39, 0.29) is 0 Å². The van der Waals surface area contributed by atoms with Crippen molar-refractivity contribution in [1.82, 2.24) is 5.32 Å². The van der Waals surface area contributed by atoms with E-state index in [4.69, 9.17) is 5.11 Å². The van der Waals surface area contributed by atoms with Gasteiger partial charge in [0.1, 0.15) is 6.61 Å². The van der Waals surface area contributed by atoms with Crippen LogP contribution in [0, 0.1) is 6.92 Å². The summed E-state index contributed by atoms with van der Waals surface area (Å²) in [4.78, 5) is 11.6. The fraction of sp³-hybridized carbons (Fsp3) is 0.364. The van der Waals surface area contributed by atoms with Crippen molar-refractivity contribution in [2.75, 3.05) is 13.2 Å². The van der Waals surface area contributed by atoms with Gasteiger partial charge in [0.25, 0.3) is 11.8 Å². The van der Waals surface area contributed by atoms with Crippen LogP contribution in [0.3, 0.4) is 0 Å². The number of aliphatic hydroxyl groups excluding tert-OH is 1. The Balaban J connectivity index is 2.74. The highest BCUT2D eigenvalue weighted by atomic mass is 79.9. The Morgan fingerprint density at radius 1 is 1.53 bits per heavy atom. The normalized spacial score (nSPS) is 11.4. The third kappa shape index (κ3) is 4.05. The predicted molar refractivity (Wildman–Crippen MR) is 63.2 cm³/mol. The number of alkyl halides is 2. The standard InChI is InChI=1S/C11H12BrF2NO2/c1-7-2-3-9(12)8(4-7)10(17)15-5-11(13,14)6-16/h2-4,16H,5-6H2,1H3,(H,15,17). The molecule has 0 heterocycles. The van der Waals surface area contributed by atoms with Gasteiger partial charge in [0, 0.05) is 4.47 Å². The van der Waals surface area contributed by atoms with Crippen molar-refractivity contribution >= 4 is 21.8 Å². The number of halogens is 3. The third-order valence-corrected chi connectivity index (χ3v) is 2.80. The molecule has 0 spiro atoms. The van der Waals surface area contributed by atoms with E-state index < -0.39 is 25.0 Å². The minimum Gasteiger partial charge on any atom is -0.390 e. The lowest BCUT2D eigenvalue weighted by Gasteiger charge is -2.14. The van der Waals surface area contributed by atoms with Gasteiger partial charge in [0.05, 0.1) is 12.1 Å². The minimum atomic E-state index is -3.30. The Morgan fingerprint density at radius 2 is 2.18 bits per heavy atom. The number of aryl methyl sites for hydroxylation is 1. The van der Waals surface area contributed by atoms with Crippen molar-refractivity contribution in [3.8, 4) is 0 Å². The maximum atomic E-state index is 12.7. The molecule has 1 amide bonds. The fourth-order valence-corrected chi connectivity index (χ4v) is 1.60. The van der Waals surface area contributed by atoms with Crippen molar-refractivity contribution in [2.45, 2.75) is 12.8 Å². The van der Waals surface area contributed by atoms with E-state index in [0.717, 1.165) is 5.56 Å². The van der Waals surface area contributed by atoms with Crippen LogP contribution in [0.1, 0.15) is 15.9 Å². The maximum Gasteiger partial charge on any atom is 0.287 e. The van der Waals surface area contributed by atoms with Crippen molar-refractivity contribution in [3.05, 3.63) is 33.8 Å². The fourth-order valence-electron chi connectivity index (χ4n) is 1.17. The summed E-state index contributed by atoms with van der Waals surface area (Å²) in [6, 6.07) is 5.06. The Labute approximate surface area is 106 Å². The number of nitrogens with one attached hydrogen (secondary N) is 1. The molecule has 0 unspecified atom stereocenters. The quantitative estimate of drug-likeness (QED) is 0.895. The Bertz CT molecular complexity index is 424. The van der Waals surface area contributed by atoms with Gasteiger partial charge in [-0.05, 0) is 35.0 Å². The first-order chi connectivity index (χ1) is 7.85. The molecule has 0 aliphatic rings. The van der Waals surface area contributed by atoms with Gasteiger partial charge in [-0.1, -0.05) is 11.6 Å². The smallest absolute Gasteiger partial charge is 0.287 e. The first-order valence-corrected chi connectivity index (χ1v) is 5.68. The summed E-state index contributed by atoms with van der Waals surface area (Å²) >= 11 is 3.17. The molecule has 3 nitrogen and oxygen atoms in total. The molecule has 0 aromatic heterocycles. The van der Waals surface area contributed by atoms with Crippen LogP contribution in [0.25, 0.3) is 0 Å². The van der Waals surface area contributed by atoms with Gasteiger partial charge < -0.3 is 10.4 Å². The van der Waals surface area contributed by atoms with Crippen molar-refractivity contribution in [3.63, 3.8) is 0 Å². The van der Waals surface area contributed by atoms with Crippen LogP contribution in [0.5, 0.6) is 0 Å². The van der Waals surface area contributed by atoms with E-state index in [1.807, 2.05) is 0 Å². The summed E-state index contributed by atoms with van der Waals surface area (Å²) in [5.41, 5.74) is 1.14. The molecule has 0 radical (unpaired) electrons. The predicted octanol–water partition coefficient (Wildman–Crippen LogP) is 2.11. The van der Waals surface area contributed by atoms with Gasteiger partial charge in [-0.2, -0.15) is 0 Å². The number of hydrogen-bond acceptors (Lipinski definition) is 2. The van der Waals surface area contributed by atoms with Crippen LogP contribution < -0.4 is 5.32 Å². The molecule has 94 valence electrons. The van der Waals surface area contributed by atoms with Crippen molar-refractivity contribution in [1.29, 1.82) is 0 Å². The number of aliphatic hydroxyl groups is 1.